The van der Waals surface area contributed by atoms with Crippen LogP contribution in [0.2, 0.25) is 0 Å². The summed E-state index contributed by atoms with van der Waals surface area (Å²) in [7, 11) is 0. The van der Waals surface area contributed by atoms with E-state index in [2.05, 4.69) is 10.6 Å². The molecule has 0 saturated carbocycles. The summed E-state index contributed by atoms with van der Waals surface area (Å²) in [6, 6.07) is 2.92. The molecule has 15 heteroatoms. The molecule has 1 rings (SSSR count). The number of thioether (sulfide) groups is 1. The Kier molecular flexibility index (Phi) is 11.8. The van der Waals surface area contributed by atoms with E-state index in [0.29, 0.717) is 5.56 Å². The first-order valence-electron chi connectivity index (χ1n) is 9.41. The summed E-state index contributed by atoms with van der Waals surface area (Å²) in [5.41, 5.74) is 4.32. The number of amides is 2. The molecule has 0 aliphatic heterocycles. The van der Waals surface area contributed by atoms with E-state index >= 15 is 0 Å². The summed E-state index contributed by atoms with van der Waals surface area (Å²) in [6.45, 7) is -0.791. The topological polar surface area (TPSA) is 231 Å². The highest BCUT2D eigenvalue weighted by atomic mass is 32.2. The van der Waals surface area contributed by atoms with Crippen LogP contribution in [-0.4, -0.2) is 74.0 Å². The number of non-ortho nitro benzene ring substituents is 1. The number of aliphatic carboxylic acids is 2. The Morgan fingerprint density at radius 1 is 1.18 bits per heavy atom. The highest BCUT2D eigenvalue weighted by molar-refractivity contribution is 7.99. The summed E-state index contributed by atoms with van der Waals surface area (Å²) >= 11 is 0.729. The molecule has 1 aromatic rings. The third kappa shape index (κ3) is 11.2. The second kappa shape index (κ2) is 14.0. The van der Waals surface area contributed by atoms with Crippen molar-refractivity contribution in [2.24, 2.45) is 5.73 Å². The molecular weight excluding hydrogens is 464 g/mol. The molecule has 0 saturated heterocycles. The zero-order valence-corrected chi connectivity index (χ0v) is 18.0. The predicted molar refractivity (Wildman–Crippen MR) is 114 cm³/mol. The third-order valence-corrected chi connectivity index (χ3v) is 4.96. The van der Waals surface area contributed by atoms with E-state index in [9.17, 15) is 34.4 Å². The average Bonchev–Trinajstić information content (AvgIpc) is 2.77. The highest BCUT2D eigenvalue weighted by Crippen LogP contribution is 2.16. The number of rotatable bonds is 15. The minimum atomic E-state index is -1.44. The largest absolute Gasteiger partial charge is 0.480 e. The van der Waals surface area contributed by atoms with Gasteiger partial charge in [-0.25, -0.2) is 0 Å². The zero-order chi connectivity index (χ0) is 25.0. The van der Waals surface area contributed by atoms with Crippen LogP contribution in [-0.2, 0) is 30.5 Å². The summed E-state index contributed by atoms with van der Waals surface area (Å²) in [4.78, 5) is 55.7. The van der Waals surface area contributed by atoms with Crippen LogP contribution in [0.25, 0.3) is 0 Å². The van der Waals surface area contributed by atoms with E-state index in [0.717, 1.165) is 11.8 Å². The molecule has 3 atom stereocenters. The fraction of sp³-hybridized carbons (Fsp3) is 0.444. The number of nitrogens with one attached hydrogen (secondary N) is 2. The summed E-state index contributed by atoms with van der Waals surface area (Å²) in [6.07, 6.45) is -0.473. The van der Waals surface area contributed by atoms with Gasteiger partial charge in [0.2, 0.25) is 17.4 Å². The van der Waals surface area contributed by atoms with E-state index in [1.54, 1.807) is 0 Å². The zero-order valence-electron chi connectivity index (χ0n) is 17.2. The van der Waals surface area contributed by atoms with Crippen molar-refractivity contribution in [1.29, 1.82) is 0 Å². The van der Waals surface area contributed by atoms with Crippen molar-refractivity contribution in [1.82, 2.24) is 10.6 Å². The number of ether oxygens (including phenoxy) is 1. The number of carboxylic acids is 2. The quantitative estimate of drug-likeness (QED) is 0.0991. The van der Waals surface area contributed by atoms with Crippen LogP contribution in [0.1, 0.15) is 18.4 Å². The van der Waals surface area contributed by atoms with Gasteiger partial charge in [-0.1, -0.05) is 11.8 Å². The van der Waals surface area contributed by atoms with Gasteiger partial charge in [-0.3, -0.25) is 29.3 Å². The van der Waals surface area contributed by atoms with Gasteiger partial charge in [-0.2, -0.15) is 0 Å². The van der Waals surface area contributed by atoms with Crippen LogP contribution in [0, 0.1) is 10.1 Å². The molecule has 0 bridgehead atoms. The normalized spacial score (nSPS) is 13.4. The van der Waals surface area contributed by atoms with E-state index in [-0.39, 0.29) is 30.9 Å². The molecule has 33 heavy (non-hydrogen) atoms. The predicted octanol–water partition coefficient (Wildman–Crippen LogP) is -1.00. The number of carbonyl (C=O) groups is 4. The molecule has 0 radical (unpaired) electrons. The molecule has 14 nitrogen and oxygen atoms in total. The summed E-state index contributed by atoms with van der Waals surface area (Å²) < 4.78 is 5.20. The number of nitro benzene ring substituents is 1. The molecule has 0 aromatic heterocycles. The number of hydrogen-bond acceptors (Lipinski definition) is 10. The van der Waals surface area contributed by atoms with Crippen molar-refractivity contribution in [2.75, 3.05) is 12.3 Å². The number of benzene rings is 1. The van der Waals surface area contributed by atoms with Gasteiger partial charge in [0.05, 0.1) is 11.5 Å². The summed E-state index contributed by atoms with van der Waals surface area (Å²) in [5, 5.41) is 42.5. The number of nitro groups is 1. The molecule has 0 unspecified atom stereocenters. The van der Waals surface area contributed by atoms with E-state index in [1.165, 1.54) is 24.3 Å². The molecule has 0 aliphatic carbocycles. The summed E-state index contributed by atoms with van der Waals surface area (Å²) in [5.74, 6) is -4.32. The van der Waals surface area contributed by atoms with Crippen molar-refractivity contribution >= 4 is 41.2 Å². The fourth-order valence-corrected chi connectivity index (χ4v) is 3.01. The van der Waals surface area contributed by atoms with Gasteiger partial charge in [0, 0.05) is 24.3 Å². The lowest BCUT2D eigenvalue weighted by molar-refractivity contribution is -0.384. The Balaban J connectivity index is 2.60. The number of carboxylic acid groups (broad SMARTS) is 2. The Morgan fingerprint density at radius 3 is 2.36 bits per heavy atom. The van der Waals surface area contributed by atoms with Gasteiger partial charge in [0.15, 0.2) is 0 Å². The molecule has 182 valence electrons. The molecule has 7 N–H and O–H groups in total. The molecule has 1 aromatic carbocycles. The van der Waals surface area contributed by atoms with Gasteiger partial charge in [0.1, 0.15) is 18.6 Å². The number of nitrogens with two attached hydrogens (primary N) is 1. The fourth-order valence-electron chi connectivity index (χ4n) is 2.25. The van der Waals surface area contributed by atoms with Crippen molar-refractivity contribution in [3.05, 3.63) is 39.9 Å². The van der Waals surface area contributed by atoms with Crippen LogP contribution < -0.4 is 16.4 Å². The van der Waals surface area contributed by atoms with Gasteiger partial charge in [-0.05, 0) is 24.1 Å². The molecular formula is C18H24N4O10S. The molecule has 2 amide bonds. The second-order valence-corrected chi connectivity index (χ2v) is 7.66. The second-order valence-electron chi connectivity index (χ2n) is 6.59. The Hall–Kier alpha value is -3.27. The maximum Gasteiger partial charge on any atom is 0.322 e. The number of nitrogens with zero attached hydrogens (tertiary/aromatic N) is 1. The van der Waals surface area contributed by atoms with Gasteiger partial charge in [0.25, 0.3) is 5.69 Å². The lowest BCUT2D eigenvalue weighted by atomic mass is 10.1. The number of aliphatic hydroxyl groups is 1. The Bertz CT molecular complexity index is 851. The van der Waals surface area contributed by atoms with Crippen molar-refractivity contribution < 1.29 is 44.2 Å². The van der Waals surface area contributed by atoms with Gasteiger partial charge >= 0.3 is 11.9 Å². The van der Waals surface area contributed by atoms with Gasteiger partial charge in [-0.15, -0.1) is 0 Å². The van der Waals surface area contributed by atoms with Crippen molar-refractivity contribution in [2.45, 2.75) is 37.2 Å². The minimum Gasteiger partial charge on any atom is -0.480 e. The highest BCUT2D eigenvalue weighted by Gasteiger charge is 2.24. The first kappa shape index (κ1) is 27.8. The van der Waals surface area contributed by atoms with Crippen LogP contribution in [0.3, 0.4) is 0 Å². The molecule has 0 aliphatic rings. The smallest absolute Gasteiger partial charge is 0.322 e. The minimum absolute atomic E-state index is 0.0958. The number of carbonyl (C=O) groups excluding carboxylic acids is 2. The first-order chi connectivity index (χ1) is 15.5. The molecule has 0 spiro atoms. The number of hydrogen-bond donors (Lipinski definition) is 6. The van der Waals surface area contributed by atoms with Crippen molar-refractivity contribution in [3.63, 3.8) is 0 Å². The van der Waals surface area contributed by atoms with E-state index in [1.807, 2.05) is 0 Å². The van der Waals surface area contributed by atoms with Crippen LogP contribution >= 0.6 is 11.8 Å². The van der Waals surface area contributed by atoms with E-state index in [4.69, 9.17) is 20.7 Å². The SMILES string of the molecule is N[C@@H](CCC(=O)N[C@@H](CS[C@@H](O)OCc1ccc([N+](=O)[O-])cc1)C(=O)NCC(=O)O)C(=O)O. The maximum absolute atomic E-state index is 12.2. The molecule has 0 heterocycles. The Labute approximate surface area is 191 Å². The van der Waals surface area contributed by atoms with Gasteiger partial charge < -0.3 is 36.4 Å². The monoisotopic (exact) mass is 488 g/mol. The van der Waals surface area contributed by atoms with Crippen LogP contribution in [0.15, 0.2) is 24.3 Å². The van der Waals surface area contributed by atoms with Crippen molar-refractivity contribution in [3.8, 4) is 0 Å². The lowest BCUT2D eigenvalue weighted by Gasteiger charge is -2.20. The maximum atomic E-state index is 12.2. The average molecular weight is 488 g/mol. The molecule has 0 fully saturated rings. The first-order valence-corrected chi connectivity index (χ1v) is 10.5. The van der Waals surface area contributed by atoms with Crippen LogP contribution in [0.4, 0.5) is 5.69 Å². The third-order valence-electron chi connectivity index (χ3n) is 4.01. The van der Waals surface area contributed by atoms with Crippen LogP contribution in [0.5, 0.6) is 0 Å². The standard InChI is InChI=1S/C18H24N4O10S/c19-12(17(27)28)5-6-14(23)21-13(16(26)20-7-15(24)25)9-33-18(29)32-8-10-1-3-11(4-2-10)22(30)31/h1-4,12-13,18,29H,5-9,19H2,(H,20,26)(H,21,23)(H,24,25)(H,27,28)/t12-,13-,18-/m0/s1. The van der Waals surface area contributed by atoms with E-state index < -0.39 is 52.9 Å². The Morgan fingerprint density at radius 2 is 1.82 bits per heavy atom. The lowest BCUT2D eigenvalue weighted by Crippen LogP contribution is -2.49. The number of aliphatic hydroxyl groups excluding tert-OH is 1.